The monoisotopic (exact) mass is 278 g/mol. The number of benzene rings is 1. The first-order valence-corrected chi connectivity index (χ1v) is 6.69. The summed E-state index contributed by atoms with van der Waals surface area (Å²) in [6, 6.07) is 4.98. The summed E-state index contributed by atoms with van der Waals surface area (Å²) in [6.45, 7) is 2.76. The van der Waals surface area contributed by atoms with Gasteiger partial charge in [-0.2, -0.15) is 0 Å². The Balaban J connectivity index is 1.83. The van der Waals surface area contributed by atoms with Crippen LogP contribution in [0, 0.1) is 0 Å². The van der Waals surface area contributed by atoms with E-state index < -0.39 is 11.8 Å². The van der Waals surface area contributed by atoms with Crippen molar-refractivity contribution in [1.82, 2.24) is 5.32 Å². The Morgan fingerprint density at radius 3 is 2.75 bits per heavy atom. The molecule has 0 aromatic heterocycles. The van der Waals surface area contributed by atoms with Crippen LogP contribution in [-0.2, 0) is 9.59 Å². The normalized spacial score (nSPS) is 12.1. The van der Waals surface area contributed by atoms with Gasteiger partial charge in [0.2, 0.25) is 6.79 Å². The minimum absolute atomic E-state index is 0.171. The molecule has 1 aliphatic heterocycles. The summed E-state index contributed by atoms with van der Waals surface area (Å²) in [6.07, 6.45) is 2.98. The van der Waals surface area contributed by atoms with Gasteiger partial charge in [-0.15, -0.1) is 0 Å². The van der Waals surface area contributed by atoms with Crippen LogP contribution in [0.5, 0.6) is 11.5 Å². The lowest BCUT2D eigenvalue weighted by Gasteiger charge is -2.07. The lowest BCUT2D eigenvalue weighted by atomic mass is 10.2. The maximum absolute atomic E-state index is 11.7. The SMILES string of the molecule is CCCCCNC(=O)C(=O)Nc1ccc2c(c1)OCO2. The van der Waals surface area contributed by atoms with E-state index in [1.165, 1.54) is 0 Å². The van der Waals surface area contributed by atoms with Gasteiger partial charge in [0, 0.05) is 18.3 Å². The molecule has 1 heterocycles. The van der Waals surface area contributed by atoms with Crippen molar-refractivity contribution in [3.05, 3.63) is 18.2 Å². The van der Waals surface area contributed by atoms with Gasteiger partial charge in [-0.1, -0.05) is 19.8 Å². The topological polar surface area (TPSA) is 76.7 Å². The summed E-state index contributed by atoms with van der Waals surface area (Å²) >= 11 is 0. The zero-order valence-electron chi connectivity index (χ0n) is 11.4. The number of hydrogen-bond donors (Lipinski definition) is 2. The van der Waals surface area contributed by atoms with Crippen LogP contribution in [0.3, 0.4) is 0 Å². The molecule has 2 amide bonds. The highest BCUT2D eigenvalue weighted by atomic mass is 16.7. The summed E-state index contributed by atoms with van der Waals surface area (Å²) in [7, 11) is 0. The molecule has 0 unspecified atom stereocenters. The van der Waals surface area contributed by atoms with Crippen molar-refractivity contribution in [3.63, 3.8) is 0 Å². The molecule has 0 aliphatic carbocycles. The Kier molecular flexibility index (Phi) is 4.81. The third-order valence-electron chi connectivity index (χ3n) is 2.90. The van der Waals surface area contributed by atoms with E-state index in [1.54, 1.807) is 18.2 Å². The average Bonchev–Trinajstić information content (AvgIpc) is 2.90. The number of hydrogen-bond acceptors (Lipinski definition) is 4. The zero-order chi connectivity index (χ0) is 14.4. The maximum Gasteiger partial charge on any atom is 0.313 e. The second-order valence-corrected chi connectivity index (χ2v) is 4.49. The van der Waals surface area contributed by atoms with Crippen LogP contribution in [0.2, 0.25) is 0 Å². The van der Waals surface area contributed by atoms with Crippen LogP contribution >= 0.6 is 0 Å². The fraction of sp³-hybridized carbons (Fsp3) is 0.429. The summed E-state index contributed by atoms with van der Waals surface area (Å²) in [5.74, 6) is -0.114. The number of fused-ring (bicyclic) bond motifs is 1. The van der Waals surface area contributed by atoms with Crippen molar-refractivity contribution < 1.29 is 19.1 Å². The van der Waals surface area contributed by atoms with Crippen LogP contribution in [0.25, 0.3) is 0 Å². The Morgan fingerprint density at radius 1 is 1.15 bits per heavy atom. The summed E-state index contributed by atoms with van der Waals surface area (Å²) < 4.78 is 10.4. The van der Waals surface area contributed by atoms with E-state index in [0.717, 1.165) is 19.3 Å². The van der Waals surface area contributed by atoms with Gasteiger partial charge in [0.25, 0.3) is 0 Å². The van der Waals surface area contributed by atoms with Crippen LogP contribution < -0.4 is 20.1 Å². The average molecular weight is 278 g/mol. The molecule has 2 N–H and O–H groups in total. The molecule has 0 spiro atoms. The second kappa shape index (κ2) is 6.79. The minimum atomic E-state index is -0.680. The number of ether oxygens (including phenoxy) is 2. The predicted molar refractivity (Wildman–Crippen MR) is 73.7 cm³/mol. The molecule has 0 fully saturated rings. The maximum atomic E-state index is 11.7. The third-order valence-corrected chi connectivity index (χ3v) is 2.90. The Hall–Kier alpha value is -2.24. The van der Waals surface area contributed by atoms with Crippen LogP contribution in [0.4, 0.5) is 5.69 Å². The van der Waals surface area contributed by atoms with Gasteiger partial charge in [-0.05, 0) is 18.6 Å². The van der Waals surface area contributed by atoms with Crippen molar-refractivity contribution >= 4 is 17.5 Å². The van der Waals surface area contributed by atoms with Crippen LogP contribution in [0.1, 0.15) is 26.2 Å². The fourth-order valence-electron chi connectivity index (χ4n) is 1.82. The number of rotatable bonds is 5. The van der Waals surface area contributed by atoms with E-state index in [-0.39, 0.29) is 6.79 Å². The quantitative estimate of drug-likeness (QED) is 0.634. The van der Waals surface area contributed by atoms with Crippen LogP contribution in [0.15, 0.2) is 18.2 Å². The van der Waals surface area contributed by atoms with Crippen LogP contribution in [-0.4, -0.2) is 25.2 Å². The molecule has 108 valence electrons. The first-order valence-electron chi connectivity index (χ1n) is 6.69. The van der Waals surface area contributed by atoms with Gasteiger partial charge in [-0.25, -0.2) is 0 Å². The molecule has 1 aliphatic rings. The molecule has 20 heavy (non-hydrogen) atoms. The van der Waals surface area contributed by atoms with Gasteiger partial charge < -0.3 is 20.1 Å². The summed E-state index contributed by atoms with van der Waals surface area (Å²) in [4.78, 5) is 23.2. The second-order valence-electron chi connectivity index (χ2n) is 4.49. The lowest BCUT2D eigenvalue weighted by molar-refractivity contribution is -0.136. The predicted octanol–water partition coefficient (Wildman–Crippen LogP) is 1.66. The Bertz CT molecular complexity index is 502. The number of carbonyl (C=O) groups is 2. The summed E-state index contributed by atoms with van der Waals surface area (Å²) in [5.41, 5.74) is 0.503. The highest BCUT2D eigenvalue weighted by Gasteiger charge is 2.16. The Labute approximate surface area is 117 Å². The van der Waals surface area contributed by atoms with E-state index in [2.05, 4.69) is 17.6 Å². The van der Waals surface area contributed by atoms with Crippen molar-refractivity contribution in [2.24, 2.45) is 0 Å². The van der Waals surface area contributed by atoms with Crippen molar-refractivity contribution in [2.45, 2.75) is 26.2 Å². The molecule has 0 radical (unpaired) electrons. The molecular weight excluding hydrogens is 260 g/mol. The molecule has 0 bridgehead atoms. The van der Waals surface area contributed by atoms with Crippen molar-refractivity contribution in [3.8, 4) is 11.5 Å². The first-order chi connectivity index (χ1) is 9.70. The number of amides is 2. The molecule has 1 aromatic carbocycles. The Morgan fingerprint density at radius 2 is 1.95 bits per heavy atom. The highest BCUT2D eigenvalue weighted by Crippen LogP contribution is 2.34. The standard InChI is InChI=1S/C14H18N2O4/c1-2-3-4-7-15-13(17)14(18)16-10-5-6-11-12(8-10)20-9-19-11/h5-6,8H,2-4,7,9H2,1H3,(H,15,17)(H,16,18). The zero-order valence-corrected chi connectivity index (χ0v) is 11.4. The van der Waals surface area contributed by atoms with E-state index >= 15 is 0 Å². The van der Waals surface area contributed by atoms with Gasteiger partial charge in [0.1, 0.15) is 0 Å². The van der Waals surface area contributed by atoms with E-state index in [9.17, 15) is 9.59 Å². The molecule has 6 heteroatoms. The fourth-order valence-corrected chi connectivity index (χ4v) is 1.82. The smallest absolute Gasteiger partial charge is 0.313 e. The summed E-state index contributed by atoms with van der Waals surface area (Å²) in [5, 5.41) is 5.11. The molecular formula is C14H18N2O4. The lowest BCUT2D eigenvalue weighted by Crippen LogP contribution is -2.35. The first kappa shape index (κ1) is 14.2. The molecule has 0 atom stereocenters. The molecule has 0 saturated carbocycles. The third kappa shape index (κ3) is 3.63. The molecule has 6 nitrogen and oxygen atoms in total. The van der Waals surface area contributed by atoms with E-state index in [0.29, 0.717) is 23.7 Å². The minimum Gasteiger partial charge on any atom is -0.454 e. The molecule has 1 aromatic rings. The largest absolute Gasteiger partial charge is 0.454 e. The van der Waals surface area contributed by atoms with E-state index in [4.69, 9.17) is 9.47 Å². The number of unbranched alkanes of at least 4 members (excludes halogenated alkanes) is 2. The van der Waals surface area contributed by atoms with Gasteiger partial charge in [-0.3, -0.25) is 9.59 Å². The van der Waals surface area contributed by atoms with E-state index in [1.807, 2.05) is 0 Å². The van der Waals surface area contributed by atoms with Gasteiger partial charge in [0.15, 0.2) is 11.5 Å². The molecule has 0 saturated heterocycles. The number of anilines is 1. The molecule has 2 rings (SSSR count). The van der Waals surface area contributed by atoms with Gasteiger partial charge in [0.05, 0.1) is 0 Å². The van der Waals surface area contributed by atoms with Crippen molar-refractivity contribution in [1.29, 1.82) is 0 Å². The number of nitrogens with one attached hydrogen (secondary N) is 2. The number of carbonyl (C=O) groups excluding carboxylic acids is 2. The van der Waals surface area contributed by atoms with Crippen molar-refractivity contribution in [2.75, 3.05) is 18.7 Å². The highest BCUT2D eigenvalue weighted by molar-refractivity contribution is 6.39. The van der Waals surface area contributed by atoms with Gasteiger partial charge >= 0.3 is 11.8 Å².